The molecule has 1 fully saturated rings. The molecule has 3 aromatic heterocycles. The van der Waals surface area contributed by atoms with E-state index in [1.807, 2.05) is 51.2 Å². The molecule has 1 aliphatic rings. The average Bonchev–Trinajstić information content (AvgIpc) is 3.65. The largest absolute Gasteiger partial charge is 0.342 e. The number of aryl methyl sites for hydroxylation is 1. The molecule has 1 aromatic carbocycles. The van der Waals surface area contributed by atoms with Crippen LogP contribution >= 0.6 is 11.3 Å². The Morgan fingerprint density at radius 1 is 1.20 bits per heavy atom. The minimum absolute atomic E-state index is 0.256. The summed E-state index contributed by atoms with van der Waals surface area (Å²) in [6.45, 7) is 8.47. The van der Waals surface area contributed by atoms with E-state index in [1.54, 1.807) is 10.6 Å². The van der Waals surface area contributed by atoms with Crippen LogP contribution in [0.5, 0.6) is 0 Å². The molecule has 1 saturated heterocycles. The van der Waals surface area contributed by atoms with E-state index >= 15 is 0 Å². The second-order valence-electron chi connectivity index (χ2n) is 7.58. The van der Waals surface area contributed by atoms with Crippen LogP contribution in [0.3, 0.4) is 0 Å². The lowest BCUT2D eigenvalue weighted by atomic mass is 10.2. The Balaban J connectivity index is 0.000000324. The summed E-state index contributed by atoms with van der Waals surface area (Å²) in [6, 6.07) is 11.6. The highest BCUT2D eigenvalue weighted by Gasteiger charge is 2.14. The highest BCUT2D eigenvalue weighted by molar-refractivity contribution is 7.18. The van der Waals surface area contributed by atoms with Gasteiger partial charge in [0.15, 0.2) is 0 Å². The SMILES string of the molecule is CC.CCn1c(=O)n(C)c(=O)c2cc(Cn3ccc4cc(C#N)ccc43)sc21.O=CN1CCCO1. The van der Waals surface area contributed by atoms with Crippen molar-refractivity contribution in [1.29, 1.82) is 5.26 Å². The first-order valence-electron chi connectivity index (χ1n) is 11.5. The normalized spacial score (nSPS) is 12.6. The summed E-state index contributed by atoms with van der Waals surface area (Å²) in [5.74, 6) is 0. The number of thiophene rings is 1. The molecule has 0 unspecified atom stereocenters. The highest BCUT2D eigenvalue weighted by Crippen LogP contribution is 2.25. The minimum atomic E-state index is -0.283. The van der Waals surface area contributed by atoms with Crippen LogP contribution in [0.2, 0.25) is 0 Å². The van der Waals surface area contributed by atoms with Gasteiger partial charge in [0.05, 0.1) is 36.7 Å². The van der Waals surface area contributed by atoms with E-state index in [1.165, 1.54) is 23.4 Å². The maximum Gasteiger partial charge on any atom is 0.331 e. The molecule has 4 heterocycles. The topological polar surface area (TPSA) is 102 Å². The summed E-state index contributed by atoms with van der Waals surface area (Å²) >= 11 is 1.48. The van der Waals surface area contributed by atoms with Gasteiger partial charge in [0.2, 0.25) is 6.41 Å². The number of benzene rings is 1. The number of hydrogen-bond donors (Lipinski definition) is 0. The standard InChI is InChI=1S/C19H16N4O2S.C4H7NO2.C2H6/c1-3-23-18-15(17(24)21(2)19(23)25)9-14(26-18)11-22-7-6-13-8-12(10-20)4-5-16(13)22;6-4-5-2-1-3-7-5;1-2/h4-9H,3,11H2,1-2H3;4H,1-3H2;1-2H3. The Morgan fingerprint density at radius 3 is 2.57 bits per heavy atom. The minimum Gasteiger partial charge on any atom is -0.342 e. The van der Waals surface area contributed by atoms with Gasteiger partial charge in [-0.3, -0.25) is 23.6 Å². The molecule has 9 nitrogen and oxygen atoms in total. The van der Waals surface area contributed by atoms with Gasteiger partial charge >= 0.3 is 5.69 Å². The molecule has 184 valence electrons. The zero-order valence-electron chi connectivity index (χ0n) is 20.4. The van der Waals surface area contributed by atoms with Crippen molar-refractivity contribution in [3.8, 4) is 6.07 Å². The predicted octanol–water partition coefficient (Wildman–Crippen LogP) is 3.46. The summed E-state index contributed by atoms with van der Waals surface area (Å²) < 4.78 is 4.88. The molecule has 0 radical (unpaired) electrons. The molecular formula is C25H29N5O4S. The molecule has 0 N–H and O–H groups in total. The van der Waals surface area contributed by atoms with Gasteiger partial charge in [0.25, 0.3) is 5.56 Å². The average molecular weight is 496 g/mol. The first-order chi connectivity index (χ1) is 17.0. The third kappa shape index (κ3) is 5.37. The summed E-state index contributed by atoms with van der Waals surface area (Å²) in [4.78, 5) is 41.0. The quantitative estimate of drug-likeness (QED) is 0.404. The summed E-state index contributed by atoms with van der Waals surface area (Å²) in [7, 11) is 1.51. The first kappa shape index (κ1) is 25.9. The van der Waals surface area contributed by atoms with Gasteiger partial charge in [0.1, 0.15) is 4.83 Å². The number of hydrogen-bond acceptors (Lipinski definition) is 6. The van der Waals surface area contributed by atoms with E-state index in [0.29, 0.717) is 37.1 Å². The van der Waals surface area contributed by atoms with Crippen molar-refractivity contribution in [3.63, 3.8) is 0 Å². The number of carbonyl (C=O) groups excluding carboxylic acids is 1. The van der Waals surface area contributed by atoms with E-state index < -0.39 is 0 Å². The van der Waals surface area contributed by atoms with Crippen LogP contribution in [0.25, 0.3) is 21.1 Å². The number of nitriles is 1. The fourth-order valence-corrected chi connectivity index (χ4v) is 5.00. The van der Waals surface area contributed by atoms with E-state index in [4.69, 9.17) is 10.1 Å². The molecule has 35 heavy (non-hydrogen) atoms. The number of carbonyl (C=O) groups is 1. The molecule has 1 aliphatic heterocycles. The van der Waals surface area contributed by atoms with Crippen molar-refractivity contribution in [2.24, 2.45) is 7.05 Å². The van der Waals surface area contributed by atoms with Crippen LogP contribution in [0.15, 0.2) is 46.1 Å². The molecule has 0 saturated carbocycles. The molecule has 10 heteroatoms. The van der Waals surface area contributed by atoms with Crippen molar-refractivity contribution in [1.82, 2.24) is 18.8 Å². The van der Waals surface area contributed by atoms with E-state index in [2.05, 4.69) is 10.6 Å². The van der Waals surface area contributed by atoms with Crippen LogP contribution in [-0.4, -0.2) is 38.3 Å². The van der Waals surface area contributed by atoms with Gasteiger partial charge in [-0.05, 0) is 43.7 Å². The molecule has 0 aliphatic carbocycles. The Labute approximate surface area is 206 Å². The van der Waals surface area contributed by atoms with Crippen LogP contribution in [0.1, 0.15) is 37.6 Å². The van der Waals surface area contributed by atoms with Crippen molar-refractivity contribution in [2.45, 2.75) is 40.3 Å². The lowest BCUT2D eigenvalue weighted by Crippen LogP contribution is -2.37. The Bertz CT molecular complexity index is 1480. The van der Waals surface area contributed by atoms with E-state index in [9.17, 15) is 14.4 Å². The van der Waals surface area contributed by atoms with Gasteiger partial charge in [-0.15, -0.1) is 11.3 Å². The number of amides is 1. The van der Waals surface area contributed by atoms with Gasteiger partial charge in [-0.2, -0.15) is 5.26 Å². The molecule has 0 atom stereocenters. The summed E-state index contributed by atoms with van der Waals surface area (Å²) in [5, 5.41) is 11.9. The van der Waals surface area contributed by atoms with Crippen LogP contribution in [-0.2, 0) is 29.8 Å². The molecule has 4 aromatic rings. The lowest BCUT2D eigenvalue weighted by Gasteiger charge is -2.05. The Morgan fingerprint density at radius 2 is 1.97 bits per heavy atom. The van der Waals surface area contributed by atoms with Gasteiger partial charge in [0, 0.05) is 35.6 Å². The highest BCUT2D eigenvalue weighted by atomic mass is 32.1. The van der Waals surface area contributed by atoms with Crippen LogP contribution < -0.4 is 11.2 Å². The zero-order chi connectivity index (χ0) is 25.5. The zero-order valence-corrected chi connectivity index (χ0v) is 21.2. The second kappa shape index (κ2) is 11.6. The lowest BCUT2D eigenvalue weighted by molar-refractivity contribution is -0.153. The smallest absolute Gasteiger partial charge is 0.331 e. The Hall–Kier alpha value is -3.68. The Kier molecular flexibility index (Phi) is 8.63. The van der Waals surface area contributed by atoms with Crippen LogP contribution in [0, 0.1) is 11.3 Å². The third-order valence-electron chi connectivity index (χ3n) is 5.50. The summed E-state index contributed by atoms with van der Waals surface area (Å²) in [5.41, 5.74) is 1.12. The van der Waals surface area contributed by atoms with E-state index in [-0.39, 0.29) is 11.2 Å². The summed E-state index contributed by atoms with van der Waals surface area (Å²) in [6.07, 6.45) is 3.65. The monoisotopic (exact) mass is 495 g/mol. The molecular weight excluding hydrogens is 466 g/mol. The van der Waals surface area contributed by atoms with Crippen molar-refractivity contribution < 1.29 is 9.63 Å². The van der Waals surface area contributed by atoms with Crippen molar-refractivity contribution >= 4 is 38.9 Å². The van der Waals surface area contributed by atoms with Gasteiger partial charge in [-0.25, -0.2) is 9.86 Å². The number of nitrogens with zero attached hydrogens (tertiary/aromatic N) is 5. The van der Waals surface area contributed by atoms with Gasteiger partial charge in [-0.1, -0.05) is 13.8 Å². The number of aromatic nitrogens is 3. The number of fused-ring (bicyclic) bond motifs is 2. The molecule has 0 bridgehead atoms. The van der Waals surface area contributed by atoms with Crippen molar-refractivity contribution in [3.05, 3.63) is 67.8 Å². The van der Waals surface area contributed by atoms with Crippen molar-refractivity contribution in [2.75, 3.05) is 13.2 Å². The second-order valence-corrected chi connectivity index (χ2v) is 8.70. The fourth-order valence-electron chi connectivity index (χ4n) is 3.80. The predicted molar refractivity (Wildman–Crippen MR) is 137 cm³/mol. The fraction of sp³-hybridized carbons (Fsp3) is 0.360. The molecule has 0 spiro atoms. The molecule has 1 amide bonds. The molecule has 5 rings (SSSR count). The number of rotatable bonds is 4. The first-order valence-corrected chi connectivity index (χ1v) is 12.3. The maximum atomic E-state index is 12.4. The maximum absolute atomic E-state index is 12.4. The van der Waals surface area contributed by atoms with Crippen LogP contribution in [0.4, 0.5) is 0 Å². The number of hydroxylamine groups is 2. The third-order valence-corrected chi connectivity index (χ3v) is 6.64. The van der Waals surface area contributed by atoms with Gasteiger partial charge < -0.3 is 4.57 Å². The van der Waals surface area contributed by atoms with E-state index in [0.717, 1.165) is 38.1 Å².